The van der Waals surface area contributed by atoms with Crippen LogP contribution in [-0.2, 0) is 11.3 Å². The average molecular weight is 257 g/mol. The van der Waals surface area contributed by atoms with Crippen molar-refractivity contribution in [3.05, 3.63) is 5.82 Å². The van der Waals surface area contributed by atoms with Gasteiger partial charge in [-0.3, -0.25) is 4.79 Å². The highest BCUT2D eigenvalue weighted by molar-refractivity contribution is 7.99. The zero-order valence-electron chi connectivity index (χ0n) is 10.7. The molecule has 0 spiro atoms. The lowest BCUT2D eigenvalue weighted by atomic mass is 10.2. The summed E-state index contributed by atoms with van der Waals surface area (Å²) in [6, 6.07) is 0. The van der Waals surface area contributed by atoms with Gasteiger partial charge in [-0.15, -0.1) is 10.2 Å². The molecular weight excluding hydrogens is 238 g/mol. The van der Waals surface area contributed by atoms with Crippen LogP contribution >= 0.6 is 11.8 Å². The molecule has 0 aliphatic rings. The van der Waals surface area contributed by atoms with Gasteiger partial charge in [0.15, 0.2) is 5.16 Å². The molecule has 0 atom stereocenters. The summed E-state index contributed by atoms with van der Waals surface area (Å²) in [5, 5.41) is 17.6. The van der Waals surface area contributed by atoms with Gasteiger partial charge in [-0.2, -0.15) is 0 Å². The zero-order chi connectivity index (χ0) is 13.0. The quantitative estimate of drug-likeness (QED) is 0.791. The number of aromatic nitrogens is 3. The van der Waals surface area contributed by atoms with Gasteiger partial charge < -0.3 is 9.67 Å². The third-order valence-corrected chi connectivity index (χ3v) is 3.09. The molecule has 0 aromatic carbocycles. The van der Waals surface area contributed by atoms with Crippen LogP contribution in [0.4, 0.5) is 0 Å². The van der Waals surface area contributed by atoms with Crippen LogP contribution in [-0.4, -0.2) is 31.6 Å². The first-order chi connectivity index (χ1) is 7.91. The number of nitrogens with zero attached hydrogens (tertiary/aromatic N) is 3. The van der Waals surface area contributed by atoms with Crippen molar-refractivity contribution in [1.82, 2.24) is 14.8 Å². The Hall–Kier alpha value is -1.04. The monoisotopic (exact) mass is 257 g/mol. The van der Waals surface area contributed by atoms with Crippen LogP contribution in [0, 0.1) is 5.92 Å². The molecule has 1 heterocycles. The third kappa shape index (κ3) is 4.03. The van der Waals surface area contributed by atoms with E-state index in [0.717, 1.165) is 12.4 Å². The van der Waals surface area contributed by atoms with Gasteiger partial charge in [0.2, 0.25) is 0 Å². The standard InChI is InChI=1S/C11H19N3O2S/c1-7(2)5-14-10(8(3)4)12-13-11(14)17-6-9(15)16/h7-8H,5-6H2,1-4H3,(H,15,16). The Kier molecular flexibility index (Phi) is 4.99. The molecule has 0 radical (unpaired) electrons. The number of carboxylic acid groups (broad SMARTS) is 1. The SMILES string of the molecule is CC(C)Cn1c(SCC(=O)O)nnc1C(C)C. The van der Waals surface area contributed by atoms with E-state index in [4.69, 9.17) is 5.11 Å². The fraction of sp³-hybridized carbons (Fsp3) is 0.727. The van der Waals surface area contributed by atoms with Gasteiger partial charge in [-0.25, -0.2) is 0 Å². The molecule has 1 rings (SSSR count). The number of carboxylic acids is 1. The maximum absolute atomic E-state index is 10.6. The van der Waals surface area contributed by atoms with Crippen LogP contribution in [0.1, 0.15) is 39.4 Å². The molecular formula is C11H19N3O2S. The second-order valence-electron chi connectivity index (χ2n) is 4.68. The van der Waals surface area contributed by atoms with E-state index in [9.17, 15) is 4.79 Å². The Bertz CT molecular complexity index is 388. The lowest BCUT2D eigenvalue weighted by molar-refractivity contribution is -0.133. The minimum atomic E-state index is -0.833. The van der Waals surface area contributed by atoms with Gasteiger partial charge >= 0.3 is 5.97 Å². The van der Waals surface area contributed by atoms with E-state index in [1.807, 2.05) is 4.57 Å². The van der Waals surface area contributed by atoms with E-state index >= 15 is 0 Å². The Morgan fingerprint density at radius 3 is 2.47 bits per heavy atom. The Morgan fingerprint density at radius 2 is 2.00 bits per heavy atom. The number of hydrogen-bond acceptors (Lipinski definition) is 4. The molecule has 6 heteroatoms. The van der Waals surface area contributed by atoms with E-state index in [2.05, 4.69) is 37.9 Å². The Labute approximate surface area is 106 Å². The van der Waals surface area contributed by atoms with E-state index in [1.165, 1.54) is 11.8 Å². The smallest absolute Gasteiger partial charge is 0.313 e. The van der Waals surface area contributed by atoms with Crippen molar-refractivity contribution >= 4 is 17.7 Å². The number of thioether (sulfide) groups is 1. The van der Waals surface area contributed by atoms with Gasteiger partial charge in [-0.05, 0) is 5.92 Å². The van der Waals surface area contributed by atoms with Gasteiger partial charge in [0.1, 0.15) is 5.82 Å². The molecule has 0 unspecified atom stereocenters. The largest absolute Gasteiger partial charge is 0.481 e. The Morgan fingerprint density at radius 1 is 1.35 bits per heavy atom. The Balaban J connectivity index is 2.91. The maximum atomic E-state index is 10.6. The van der Waals surface area contributed by atoms with Crippen molar-refractivity contribution in [1.29, 1.82) is 0 Å². The number of carbonyl (C=O) groups is 1. The molecule has 0 bridgehead atoms. The third-order valence-electron chi connectivity index (χ3n) is 2.13. The lowest BCUT2D eigenvalue weighted by Gasteiger charge is -2.13. The molecule has 0 saturated carbocycles. The summed E-state index contributed by atoms with van der Waals surface area (Å²) in [4.78, 5) is 10.6. The molecule has 0 aliphatic heterocycles. The van der Waals surface area contributed by atoms with E-state index in [0.29, 0.717) is 17.0 Å². The fourth-order valence-corrected chi connectivity index (χ4v) is 2.17. The fourth-order valence-electron chi connectivity index (χ4n) is 1.50. The molecule has 1 N–H and O–H groups in total. The van der Waals surface area contributed by atoms with Gasteiger partial charge in [0.05, 0.1) is 5.75 Å². The summed E-state index contributed by atoms with van der Waals surface area (Å²) in [5.74, 6) is 0.883. The topological polar surface area (TPSA) is 68.0 Å². The minimum Gasteiger partial charge on any atom is -0.481 e. The normalized spacial score (nSPS) is 11.4. The second-order valence-corrected chi connectivity index (χ2v) is 5.62. The van der Waals surface area contributed by atoms with Gasteiger partial charge in [-0.1, -0.05) is 39.5 Å². The highest BCUT2D eigenvalue weighted by Gasteiger charge is 2.16. The molecule has 5 nitrogen and oxygen atoms in total. The molecule has 0 aliphatic carbocycles. The van der Waals surface area contributed by atoms with Crippen LogP contribution in [0.5, 0.6) is 0 Å². The molecule has 0 fully saturated rings. The summed E-state index contributed by atoms with van der Waals surface area (Å²) in [6.07, 6.45) is 0. The zero-order valence-corrected chi connectivity index (χ0v) is 11.5. The van der Waals surface area contributed by atoms with Crippen LogP contribution in [0.2, 0.25) is 0 Å². The van der Waals surface area contributed by atoms with E-state index in [1.54, 1.807) is 0 Å². The first-order valence-corrected chi connectivity index (χ1v) is 6.68. The average Bonchev–Trinajstić information content (AvgIpc) is 2.57. The molecule has 1 aromatic heterocycles. The summed E-state index contributed by atoms with van der Waals surface area (Å²) in [6.45, 7) is 9.19. The van der Waals surface area contributed by atoms with Crippen molar-refractivity contribution in [2.24, 2.45) is 5.92 Å². The predicted octanol–water partition coefficient (Wildman–Crippen LogP) is 2.23. The molecule has 17 heavy (non-hydrogen) atoms. The molecule has 0 saturated heterocycles. The van der Waals surface area contributed by atoms with Crippen LogP contribution in [0.3, 0.4) is 0 Å². The van der Waals surface area contributed by atoms with Crippen molar-refractivity contribution in [3.8, 4) is 0 Å². The van der Waals surface area contributed by atoms with Crippen LogP contribution in [0.25, 0.3) is 0 Å². The minimum absolute atomic E-state index is 0.0221. The maximum Gasteiger partial charge on any atom is 0.313 e. The van der Waals surface area contributed by atoms with Crippen LogP contribution < -0.4 is 0 Å². The molecule has 1 aromatic rings. The molecule has 96 valence electrons. The summed E-state index contributed by atoms with van der Waals surface area (Å²) >= 11 is 1.23. The predicted molar refractivity (Wildman–Crippen MR) is 67.3 cm³/mol. The second kappa shape index (κ2) is 6.05. The van der Waals surface area contributed by atoms with Crippen molar-refractivity contribution in [2.75, 3.05) is 5.75 Å². The highest BCUT2D eigenvalue weighted by Crippen LogP contribution is 2.22. The highest BCUT2D eigenvalue weighted by atomic mass is 32.2. The summed E-state index contributed by atoms with van der Waals surface area (Å²) in [5.41, 5.74) is 0. The number of hydrogen-bond donors (Lipinski definition) is 1. The number of aliphatic carboxylic acids is 1. The van der Waals surface area contributed by atoms with Crippen molar-refractivity contribution in [2.45, 2.75) is 45.3 Å². The number of rotatable bonds is 6. The van der Waals surface area contributed by atoms with Crippen molar-refractivity contribution in [3.63, 3.8) is 0 Å². The van der Waals surface area contributed by atoms with E-state index in [-0.39, 0.29) is 5.75 Å². The molecule has 0 amide bonds. The lowest BCUT2D eigenvalue weighted by Crippen LogP contribution is -2.11. The first kappa shape index (κ1) is 14.0. The van der Waals surface area contributed by atoms with Crippen molar-refractivity contribution < 1.29 is 9.90 Å². The van der Waals surface area contributed by atoms with Gasteiger partial charge in [0, 0.05) is 12.5 Å². The first-order valence-electron chi connectivity index (χ1n) is 5.69. The summed E-state index contributed by atoms with van der Waals surface area (Å²) in [7, 11) is 0. The van der Waals surface area contributed by atoms with E-state index < -0.39 is 5.97 Å². The summed E-state index contributed by atoms with van der Waals surface area (Å²) < 4.78 is 2.03. The van der Waals surface area contributed by atoms with Crippen LogP contribution in [0.15, 0.2) is 5.16 Å². The van der Waals surface area contributed by atoms with Gasteiger partial charge in [0.25, 0.3) is 0 Å².